The Kier molecular flexibility index (Phi) is 4.63. The lowest BCUT2D eigenvalue weighted by molar-refractivity contribution is 0.0984. The van der Waals surface area contributed by atoms with Crippen LogP contribution < -0.4 is 5.32 Å². The van der Waals surface area contributed by atoms with Gasteiger partial charge in [-0.2, -0.15) is 5.10 Å². The van der Waals surface area contributed by atoms with Crippen molar-refractivity contribution in [3.8, 4) is 5.69 Å². The van der Waals surface area contributed by atoms with Gasteiger partial charge in [0.05, 0.1) is 11.4 Å². The first kappa shape index (κ1) is 16.8. The molecule has 0 bridgehead atoms. The molecule has 5 heteroatoms. The summed E-state index contributed by atoms with van der Waals surface area (Å²) in [5, 5.41) is 17.8. The second kappa shape index (κ2) is 6.90. The predicted molar refractivity (Wildman–Crippen MR) is 98.7 cm³/mol. The number of piperidine rings is 1. The van der Waals surface area contributed by atoms with Crippen LogP contribution in [0.15, 0.2) is 36.5 Å². The third-order valence-electron chi connectivity index (χ3n) is 6.03. The highest BCUT2D eigenvalue weighted by molar-refractivity contribution is 5.34. The molecular formula is C20H28N4O. The number of aryl methyl sites for hydroxylation is 1. The molecule has 1 atom stereocenters. The number of likely N-dealkylation sites (tertiary alicyclic amines) is 1. The van der Waals surface area contributed by atoms with E-state index in [0.717, 1.165) is 44.1 Å². The van der Waals surface area contributed by atoms with Gasteiger partial charge in [0.25, 0.3) is 0 Å². The fourth-order valence-corrected chi connectivity index (χ4v) is 4.58. The lowest BCUT2D eigenvalue weighted by Crippen LogP contribution is -2.42. The van der Waals surface area contributed by atoms with Gasteiger partial charge in [-0.3, -0.25) is 4.90 Å². The van der Waals surface area contributed by atoms with Crippen LogP contribution in [-0.2, 0) is 6.54 Å². The standard InChI is InChI=1S/C20H28N4O/c1-16-6-11-24(22-16)19-4-2-17(3-5-19)12-23-13-18(14-25)20(15-23)7-9-21-10-8-20/h2-6,11,18,21,25H,7-10,12-15H2,1H3. The van der Waals surface area contributed by atoms with Crippen LogP contribution in [0, 0.1) is 18.3 Å². The Bertz CT molecular complexity index is 703. The summed E-state index contributed by atoms with van der Waals surface area (Å²) < 4.78 is 1.92. The normalized spacial score (nSPS) is 23.4. The molecule has 2 aliphatic rings. The van der Waals surface area contributed by atoms with E-state index in [4.69, 9.17) is 0 Å². The monoisotopic (exact) mass is 340 g/mol. The van der Waals surface area contributed by atoms with Crippen molar-refractivity contribution in [1.29, 1.82) is 0 Å². The summed E-state index contributed by atoms with van der Waals surface area (Å²) in [5.74, 6) is 0.418. The maximum Gasteiger partial charge on any atom is 0.0645 e. The van der Waals surface area contributed by atoms with Crippen molar-refractivity contribution in [3.63, 3.8) is 0 Å². The summed E-state index contributed by atoms with van der Waals surface area (Å²) in [6.45, 7) is 7.58. The Hall–Kier alpha value is -1.69. The topological polar surface area (TPSA) is 53.3 Å². The average molecular weight is 340 g/mol. The van der Waals surface area contributed by atoms with Crippen LogP contribution in [0.2, 0.25) is 0 Å². The maximum absolute atomic E-state index is 9.87. The van der Waals surface area contributed by atoms with E-state index in [-0.39, 0.29) is 0 Å². The molecule has 1 unspecified atom stereocenters. The highest BCUT2D eigenvalue weighted by Gasteiger charge is 2.46. The van der Waals surface area contributed by atoms with E-state index in [1.165, 1.54) is 18.4 Å². The number of aliphatic hydroxyl groups is 1. The van der Waals surface area contributed by atoms with Gasteiger partial charge in [0.1, 0.15) is 0 Å². The number of nitrogens with zero attached hydrogens (tertiary/aromatic N) is 3. The Morgan fingerprint density at radius 2 is 1.96 bits per heavy atom. The number of rotatable bonds is 4. The Morgan fingerprint density at radius 3 is 2.60 bits per heavy atom. The summed E-state index contributed by atoms with van der Waals surface area (Å²) in [7, 11) is 0. The zero-order valence-corrected chi connectivity index (χ0v) is 15.0. The molecule has 1 aromatic carbocycles. The lowest BCUT2D eigenvalue weighted by Gasteiger charge is -2.38. The van der Waals surface area contributed by atoms with Gasteiger partial charge in [0.2, 0.25) is 0 Å². The molecule has 0 saturated carbocycles. The van der Waals surface area contributed by atoms with Gasteiger partial charge in [-0.25, -0.2) is 4.68 Å². The molecule has 2 aliphatic heterocycles. The van der Waals surface area contributed by atoms with E-state index in [0.29, 0.717) is 17.9 Å². The van der Waals surface area contributed by atoms with Crippen molar-refractivity contribution in [1.82, 2.24) is 20.0 Å². The molecule has 2 N–H and O–H groups in total. The van der Waals surface area contributed by atoms with E-state index >= 15 is 0 Å². The number of aliphatic hydroxyl groups excluding tert-OH is 1. The number of hydrogen-bond donors (Lipinski definition) is 2. The third-order valence-corrected chi connectivity index (χ3v) is 6.03. The Labute approximate surface area is 149 Å². The van der Waals surface area contributed by atoms with Crippen molar-refractivity contribution in [3.05, 3.63) is 47.8 Å². The first-order valence-electron chi connectivity index (χ1n) is 9.34. The molecule has 1 spiro atoms. The maximum atomic E-state index is 9.87. The fraction of sp³-hybridized carbons (Fsp3) is 0.550. The van der Waals surface area contributed by atoms with Gasteiger partial charge in [-0.15, -0.1) is 0 Å². The number of nitrogens with one attached hydrogen (secondary N) is 1. The molecular weight excluding hydrogens is 312 g/mol. The summed E-state index contributed by atoms with van der Waals surface area (Å²) in [6, 6.07) is 10.7. The minimum absolute atomic E-state index is 0.312. The van der Waals surface area contributed by atoms with E-state index in [9.17, 15) is 5.11 Å². The van der Waals surface area contributed by atoms with E-state index < -0.39 is 0 Å². The highest BCUT2D eigenvalue weighted by Crippen LogP contribution is 2.43. The van der Waals surface area contributed by atoms with E-state index in [1.54, 1.807) is 0 Å². The van der Waals surface area contributed by atoms with Gasteiger partial charge in [-0.1, -0.05) is 12.1 Å². The van der Waals surface area contributed by atoms with Crippen LogP contribution in [0.4, 0.5) is 0 Å². The predicted octanol–water partition coefficient (Wildman–Crippen LogP) is 1.97. The third kappa shape index (κ3) is 3.36. The van der Waals surface area contributed by atoms with Crippen molar-refractivity contribution >= 4 is 0 Å². The molecule has 134 valence electrons. The summed E-state index contributed by atoms with van der Waals surface area (Å²) in [5.41, 5.74) is 3.77. The Morgan fingerprint density at radius 1 is 1.20 bits per heavy atom. The molecule has 1 aromatic heterocycles. The second-order valence-electron chi connectivity index (χ2n) is 7.73. The zero-order valence-electron chi connectivity index (χ0n) is 15.0. The van der Waals surface area contributed by atoms with Gasteiger partial charge >= 0.3 is 0 Å². The molecule has 3 heterocycles. The molecule has 25 heavy (non-hydrogen) atoms. The highest BCUT2D eigenvalue weighted by atomic mass is 16.3. The van der Waals surface area contributed by atoms with Crippen LogP contribution in [-0.4, -0.2) is 52.6 Å². The second-order valence-corrected chi connectivity index (χ2v) is 7.73. The van der Waals surface area contributed by atoms with Gasteiger partial charge in [0, 0.05) is 38.4 Å². The van der Waals surface area contributed by atoms with Crippen LogP contribution in [0.1, 0.15) is 24.1 Å². The van der Waals surface area contributed by atoms with Gasteiger partial charge < -0.3 is 10.4 Å². The van der Waals surface area contributed by atoms with E-state index in [2.05, 4.69) is 39.6 Å². The SMILES string of the molecule is Cc1ccn(-c2ccc(CN3CC(CO)C4(CCNCC4)C3)cc2)n1. The Balaban J connectivity index is 1.44. The average Bonchev–Trinajstić information content (AvgIpc) is 3.20. The van der Waals surface area contributed by atoms with Crippen molar-refractivity contribution < 1.29 is 5.11 Å². The molecule has 2 aromatic rings. The number of aromatic nitrogens is 2. The largest absolute Gasteiger partial charge is 0.396 e. The smallest absolute Gasteiger partial charge is 0.0645 e. The summed E-state index contributed by atoms with van der Waals surface area (Å²) in [6.07, 6.45) is 4.37. The molecule has 0 aliphatic carbocycles. The fourth-order valence-electron chi connectivity index (χ4n) is 4.58. The molecule has 2 fully saturated rings. The first-order chi connectivity index (χ1) is 12.2. The molecule has 4 rings (SSSR count). The van der Waals surface area contributed by atoms with Gasteiger partial charge in [0.15, 0.2) is 0 Å². The molecule has 0 radical (unpaired) electrons. The van der Waals surface area contributed by atoms with E-state index in [1.807, 2.05) is 23.9 Å². The summed E-state index contributed by atoms with van der Waals surface area (Å²) >= 11 is 0. The van der Waals surface area contributed by atoms with Crippen LogP contribution in [0.25, 0.3) is 5.69 Å². The number of benzene rings is 1. The van der Waals surface area contributed by atoms with Crippen molar-refractivity contribution in [2.24, 2.45) is 11.3 Å². The lowest BCUT2D eigenvalue weighted by atomic mass is 9.71. The molecule has 2 saturated heterocycles. The van der Waals surface area contributed by atoms with Crippen LogP contribution in [0.3, 0.4) is 0 Å². The summed E-state index contributed by atoms with van der Waals surface area (Å²) in [4.78, 5) is 2.53. The number of hydrogen-bond acceptors (Lipinski definition) is 4. The first-order valence-corrected chi connectivity index (χ1v) is 9.34. The van der Waals surface area contributed by atoms with Gasteiger partial charge in [-0.05, 0) is 62.0 Å². The van der Waals surface area contributed by atoms with Crippen molar-refractivity contribution in [2.75, 3.05) is 32.8 Å². The van der Waals surface area contributed by atoms with Crippen LogP contribution >= 0.6 is 0 Å². The molecule has 0 amide bonds. The van der Waals surface area contributed by atoms with Crippen molar-refractivity contribution in [2.45, 2.75) is 26.3 Å². The zero-order chi connectivity index (χ0) is 17.3. The molecule has 5 nitrogen and oxygen atoms in total. The van der Waals surface area contributed by atoms with Crippen LogP contribution in [0.5, 0.6) is 0 Å². The minimum atomic E-state index is 0.312. The quantitative estimate of drug-likeness (QED) is 0.894. The minimum Gasteiger partial charge on any atom is -0.396 e.